The largest absolute Gasteiger partial charge is 0.461 e. The van der Waals surface area contributed by atoms with Gasteiger partial charge in [0.25, 0.3) is 5.71 Å². The number of hydrazone groups is 1. The molecule has 8 heteroatoms. The van der Waals surface area contributed by atoms with Gasteiger partial charge in [0.1, 0.15) is 5.82 Å². The van der Waals surface area contributed by atoms with Crippen LogP contribution in [0.4, 0.5) is 5.82 Å². The zero-order chi connectivity index (χ0) is 13.4. The quantitative estimate of drug-likeness (QED) is 0.327. The van der Waals surface area contributed by atoms with E-state index in [1.165, 1.54) is 6.20 Å². The second kappa shape index (κ2) is 7.05. The van der Waals surface area contributed by atoms with E-state index in [0.29, 0.717) is 5.82 Å². The zero-order valence-electron chi connectivity index (χ0n) is 10.1. The number of hydrogen-bond donors (Lipinski definition) is 2. The first-order chi connectivity index (χ1) is 8.69. The van der Waals surface area contributed by atoms with E-state index in [-0.39, 0.29) is 13.2 Å². The summed E-state index contributed by atoms with van der Waals surface area (Å²) in [5.41, 5.74) is 2.02. The van der Waals surface area contributed by atoms with E-state index in [0.717, 1.165) is 0 Å². The van der Waals surface area contributed by atoms with Gasteiger partial charge in [0, 0.05) is 6.07 Å². The van der Waals surface area contributed by atoms with Crippen molar-refractivity contribution in [3.63, 3.8) is 0 Å². The Labute approximate surface area is 103 Å². The Bertz CT molecular complexity index is 407. The molecule has 0 aliphatic rings. The van der Waals surface area contributed by atoms with Crippen molar-refractivity contribution in [1.82, 2.24) is 10.2 Å². The molecule has 0 saturated carbocycles. The third-order valence-electron chi connectivity index (χ3n) is 1.73. The lowest BCUT2D eigenvalue weighted by Crippen LogP contribution is -2.29. The fourth-order valence-corrected chi connectivity index (χ4v) is 1.01. The smallest absolute Gasteiger partial charge is 0.366 e. The molecule has 0 atom stereocenters. The molecule has 18 heavy (non-hydrogen) atoms. The van der Waals surface area contributed by atoms with Crippen molar-refractivity contribution >= 4 is 23.5 Å². The highest BCUT2D eigenvalue weighted by Gasteiger charge is 2.23. The van der Waals surface area contributed by atoms with E-state index in [4.69, 9.17) is 9.47 Å². The second-order valence-corrected chi connectivity index (χ2v) is 2.98. The third kappa shape index (κ3) is 3.89. The fraction of sp³-hybridized carbons (Fsp3) is 0.400. The minimum absolute atomic E-state index is 0.140. The van der Waals surface area contributed by atoms with Crippen molar-refractivity contribution in [2.45, 2.75) is 13.8 Å². The summed E-state index contributed by atoms with van der Waals surface area (Å²) in [4.78, 5) is 23.0. The molecule has 0 aliphatic carbocycles. The van der Waals surface area contributed by atoms with Gasteiger partial charge in [-0.25, -0.2) is 9.59 Å². The maximum atomic E-state index is 11.5. The average molecular weight is 254 g/mol. The number of carbonyl (C=O) groups excluding carboxylic acids is 2. The van der Waals surface area contributed by atoms with E-state index < -0.39 is 17.7 Å². The highest BCUT2D eigenvalue weighted by Crippen LogP contribution is 1.99. The predicted octanol–water partition coefficient (Wildman–Crippen LogP) is 0.304. The number of ether oxygens (including phenoxy) is 2. The normalized spacial score (nSPS) is 9.44. The van der Waals surface area contributed by atoms with Gasteiger partial charge in [-0.1, -0.05) is 0 Å². The summed E-state index contributed by atoms with van der Waals surface area (Å²) >= 11 is 0. The van der Waals surface area contributed by atoms with Gasteiger partial charge in [0.2, 0.25) is 0 Å². The third-order valence-corrected chi connectivity index (χ3v) is 1.73. The van der Waals surface area contributed by atoms with Gasteiger partial charge in [0.15, 0.2) is 0 Å². The van der Waals surface area contributed by atoms with Crippen molar-refractivity contribution < 1.29 is 19.1 Å². The van der Waals surface area contributed by atoms with Crippen LogP contribution in [0.25, 0.3) is 0 Å². The Hall–Kier alpha value is -2.38. The Morgan fingerprint density at radius 2 is 1.94 bits per heavy atom. The molecule has 98 valence electrons. The number of nitrogens with one attached hydrogen (secondary N) is 2. The van der Waals surface area contributed by atoms with E-state index in [9.17, 15) is 9.59 Å². The Kier molecular flexibility index (Phi) is 5.36. The monoisotopic (exact) mass is 254 g/mol. The first kappa shape index (κ1) is 13.7. The van der Waals surface area contributed by atoms with E-state index >= 15 is 0 Å². The van der Waals surface area contributed by atoms with Gasteiger partial charge >= 0.3 is 11.9 Å². The molecule has 0 saturated heterocycles. The molecule has 0 unspecified atom stereocenters. The number of anilines is 1. The Morgan fingerprint density at radius 3 is 2.39 bits per heavy atom. The number of rotatable bonds is 6. The Balaban J connectivity index is 2.78. The van der Waals surface area contributed by atoms with Gasteiger partial charge in [0.05, 0.1) is 19.4 Å². The molecule has 0 aliphatic heterocycles. The van der Waals surface area contributed by atoms with Gasteiger partial charge < -0.3 is 9.47 Å². The van der Waals surface area contributed by atoms with Crippen molar-refractivity contribution in [2.75, 3.05) is 18.6 Å². The first-order valence-electron chi connectivity index (χ1n) is 5.36. The lowest BCUT2D eigenvalue weighted by molar-refractivity contribution is -0.140. The zero-order valence-corrected chi connectivity index (χ0v) is 10.1. The molecule has 0 amide bonds. The lowest BCUT2D eigenvalue weighted by Gasteiger charge is -2.05. The summed E-state index contributed by atoms with van der Waals surface area (Å²) in [6.45, 7) is 3.54. The maximum absolute atomic E-state index is 11.5. The summed E-state index contributed by atoms with van der Waals surface area (Å²) in [6.07, 6.45) is 1.49. The van der Waals surface area contributed by atoms with Crippen molar-refractivity contribution in [3.05, 3.63) is 12.3 Å². The lowest BCUT2D eigenvalue weighted by atomic mass is 10.4. The van der Waals surface area contributed by atoms with Crippen LogP contribution in [0.3, 0.4) is 0 Å². The number of nitrogens with zero attached hydrogens (tertiary/aromatic N) is 2. The molecule has 0 radical (unpaired) electrons. The molecule has 0 spiro atoms. The summed E-state index contributed by atoms with van der Waals surface area (Å²) in [7, 11) is 0. The number of carbonyl (C=O) groups is 2. The molecule has 8 nitrogen and oxygen atoms in total. The van der Waals surface area contributed by atoms with Crippen LogP contribution in [0.5, 0.6) is 0 Å². The second-order valence-electron chi connectivity index (χ2n) is 2.98. The Morgan fingerprint density at radius 1 is 1.33 bits per heavy atom. The van der Waals surface area contributed by atoms with Crippen molar-refractivity contribution in [2.24, 2.45) is 5.10 Å². The van der Waals surface area contributed by atoms with Crippen LogP contribution in [0, 0.1) is 0 Å². The van der Waals surface area contributed by atoms with Crippen LogP contribution in [0.15, 0.2) is 17.4 Å². The number of esters is 2. The molecule has 0 aromatic carbocycles. The van der Waals surface area contributed by atoms with Gasteiger partial charge in [-0.3, -0.25) is 10.5 Å². The van der Waals surface area contributed by atoms with Crippen LogP contribution < -0.4 is 5.43 Å². The summed E-state index contributed by atoms with van der Waals surface area (Å²) in [5, 5.41) is 9.88. The number of H-pyrrole nitrogens is 1. The summed E-state index contributed by atoms with van der Waals surface area (Å²) < 4.78 is 9.41. The van der Waals surface area contributed by atoms with Crippen LogP contribution in [-0.2, 0) is 19.1 Å². The standard InChI is InChI=1S/C10H14N4O4/c1-3-17-9(15)8(10(16)18-4-2)14-13-7-5-6-11-12-7/h5-6H,3-4H2,1-2H3,(H2,11,12,13). The molecular formula is C10H14N4O4. The van der Waals surface area contributed by atoms with E-state index in [1.807, 2.05) is 0 Å². The number of aromatic nitrogens is 2. The van der Waals surface area contributed by atoms with Crippen LogP contribution >= 0.6 is 0 Å². The fourth-order valence-electron chi connectivity index (χ4n) is 1.01. The molecule has 1 heterocycles. The number of aromatic amines is 1. The minimum atomic E-state index is -0.844. The minimum Gasteiger partial charge on any atom is -0.461 e. The highest BCUT2D eigenvalue weighted by molar-refractivity contribution is 6.62. The molecule has 1 aromatic rings. The van der Waals surface area contributed by atoms with Crippen molar-refractivity contribution in [1.29, 1.82) is 0 Å². The summed E-state index contributed by atoms with van der Waals surface area (Å²) in [6, 6.07) is 1.58. The molecule has 1 rings (SSSR count). The average Bonchev–Trinajstić information content (AvgIpc) is 2.83. The first-order valence-corrected chi connectivity index (χ1v) is 5.36. The topological polar surface area (TPSA) is 106 Å². The maximum Gasteiger partial charge on any atom is 0.366 e. The molecule has 2 N–H and O–H groups in total. The predicted molar refractivity (Wildman–Crippen MR) is 62.9 cm³/mol. The SMILES string of the molecule is CCOC(=O)C(=NNc1ccn[nH]1)C(=O)OCC. The van der Waals surface area contributed by atoms with Crippen LogP contribution in [0.1, 0.15) is 13.8 Å². The van der Waals surface area contributed by atoms with E-state index in [2.05, 4.69) is 20.7 Å². The van der Waals surface area contributed by atoms with Gasteiger partial charge in [-0.2, -0.15) is 10.2 Å². The molecule has 0 bridgehead atoms. The molecular weight excluding hydrogens is 240 g/mol. The van der Waals surface area contributed by atoms with Crippen LogP contribution in [-0.4, -0.2) is 41.1 Å². The van der Waals surface area contributed by atoms with Crippen molar-refractivity contribution in [3.8, 4) is 0 Å². The molecule has 1 aromatic heterocycles. The van der Waals surface area contributed by atoms with E-state index in [1.54, 1.807) is 19.9 Å². The van der Waals surface area contributed by atoms with Gasteiger partial charge in [-0.05, 0) is 13.8 Å². The van der Waals surface area contributed by atoms with Crippen LogP contribution in [0.2, 0.25) is 0 Å². The number of hydrogen-bond acceptors (Lipinski definition) is 7. The van der Waals surface area contributed by atoms with Gasteiger partial charge in [-0.15, -0.1) is 0 Å². The summed E-state index contributed by atoms with van der Waals surface area (Å²) in [5.74, 6) is -1.26. The molecule has 0 fully saturated rings. The highest BCUT2D eigenvalue weighted by atomic mass is 16.6.